The maximum atomic E-state index is 9.89. The Morgan fingerprint density at radius 3 is 2.79 bits per heavy atom. The lowest BCUT2D eigenvalue weighted by Crippen LogP contribution is -2.38. The number of rotatable bonds is 7. The van der Waals surface area contributed by atoms with E-state index in [4.69, 9.17) is 0 Å². The second-order valence-corrected chi connectivity index (χ2v) is 4.93. The van der Waals surface area contributed by atoms with E-state index in [-0.39, 0.29) is 6.04 Å². The van der Waals surface area contributed by atoms with Gasteiger partial charge in [-0.3, -0.25) is 9.36 Å². The number of aryl methyl sites for hydroxylation is 1. The summed E-state index contributed by atoms with van der Waals surface area (Å²) in [7, 11) is 0. The minimum absolute atomic E-state index is 0.256. The van der Waals surface area contributed by atoms with E-state index in [9.17, 15) is 5.11 Å². The fraction of sp³-hybridized carbons (Fsp3) is 0.538. The molecule has 0 bridgehead atoms. The summed E-state index contributed by atoms with van der Waals surface area (Å²) in [5.41, 5.74) is 1.16. The molecule has 2 heterocycles. The van der Waals surface area contributed by atoms with Gasteiger partial charge in [-0.25, -0.2) is 0 Å². The van der Waals surface area contributed by atoms with Crippen LogP contribution in [0.1, 0.15) is 12.5 Å². The highest BCUT2D eigenvalue weighted by molar-refractivity contribution is 4.99. The number of hydrogen-bond acceptors (Lipinski definition) is 4. The van der Waals surface area contributed by atoms with Crippen LogP contribution in [-0.4, -0.2) is 43.4 Å². The minimum atomic E-state index is -0.443. The fourth-order valence-corrected chi connectivity index (χ4v) is 1.94. The van der Waals surface area contributed by atoms with Gasteiger partial charge >= 0.3 is 0 Å². The number of aromatic nitrogens is 4. The summed E-state index contributed by atoms with van der Waals surface area (Å²) in [6.45, 7) is 5.95. The highest BCUT2D eigenvalue weighted by Crippen LogP contribution is 1.97. The molecule has 0 fully saturated rings. The van der Waals surface area contributed by atoms with Gasteiger partial charge in [0, 0.05) is 31.2 Å². The van der Waals surface area contributed by atoms with Crippen molar-refractivity contribution in [3.8, 4) is 0 Å². The summed E-state index contributed by atoms with van der Waals surface area (Å²) >= 11 is 0. The van der Waals surface area contributed by atoms with E-state index in [1.54, 1.807) is 10.9 Å². The van der Waals surface area contributed by atoms with Crippen molar-refractivity contribution in [3.63, 3.8) is 0 Å². The molecule has 19 heavy (non-hydrogen) atoms. The van der Waals surface area contributed by atoms with E-state index < -0.39 is 6.10 Å². The van der Waals surface area contributed by atoms with E-state index >= 15 is 0 Å². The molecule has 2 aromatic heterocycles. The maximum absolute atomic E-state index is 9.89. The predicted molar refractivity (Wildman–Crippen MR) is 72.7 cm³/mol. The van der Waals surface area contributed by atoms with Gasteiger partial charge in [0.1, 0.15) is 0 Å². The first-order valence-corrected chi connectivity index (χ1v) is 6.51. The van der Waals surface area contributed by atoms with Gasteiger partial charge in [0.25, 0.3) is 0 Å². The van der Waals surface area contributed by atoms with Crippen molar-refractivity contribution < 1.29 is 5.11 Å². The Balaban J connectivity index is 1.69. The molecule has 104 valence electrons. The average molecular weight is 263 g/mol. The SMILES string of the molecule is Cc1cnn(CC(C)NCC(O)Cn2cccn2)c1. The lowest BCUT2D eigenvalue weighted by molar-refractivity contribution is 0.142. The second kappa shape index (κ2) is 6.49. The Morgan fingerprint density at radius 2 is 2.16 bits per heavy atom. The topological polar surface area (TPSA) is 67.9 Å². The van der Waals surface area contributed by atoms with E-state index in [0.717, 1.165) is 12.1 Å². The fourth-order valence-electron chi connectivity index (χ4n) is 1.94. The van der Waals surface area contributed by atoms with E-state index in [2.05, 4.69) is 22.4 Å². The number of aliphatic hydroxyl groups excluding tert-OH is 1. The molecule has 0 amide bonds. The quantitative estimate of drug-likeness (QED) is 0.760. The molecule has 2 N–H and O–H groups in total. The van der Waals surface area contributed by atoms with Gasteiger partial charge in [-0.05, 0) is 25.5 Å². The number of hydrogen-bond donors (Lipinski definition) is 2. The highest BCUT2D eigenvalue weighted by Gasteiger charge is 2.08. The zero-order valence-electron chi connectivity index (χ0n) is 11.4. The molecule has 2 unspecified atom stereocenters. The second-order valence-electron chi connectivity index (χ2n) is 4.93. The number of nitrogens with zero attached hydrogens (tertiary/aromatic N) is 4. The van der Waals surface area contributed by atoms with Crippen molar-refractivity contribution in [1.29, 1.82) is 0 Å². The third-order valence-electron chi connectivity index (χ3n) is 2.88. The van der Waals surface area contributed by atoms with Gasteiger partial charge in [-0.15, -0.1) is 0 Å². The normalized spacial score (nSPS) is 14.5. The predicted octanol–water partition coefficient (Wildman–Crippen LogP) is 0.427. The summed E-state index contributed by atoms with van der Waals surface area (Å²) in [6, 6.07) is 2.11. The lowest BCUT2D eigenvalue weighted by atomic mass is 10.3. The van der Waals surface area contributed by atoms with Crippen LogP contribution >= 0.6 is 0 Å². The van der Waals surface area contributed by atoms with Gasteiger partial charge in [0.15, 0.2) is 0 Å². The van der Waals surface area contributed by atoms with Crippen LogP contribution in [0.5, 0.6) is 0 Å². The summed E-state index contributed by atoms with van der Waals surface area (Å²) < 4.78 is 3.64. The largest absolute Gasteiger partial charge is 0.390 e. The highest BCUT2D eigenvalue weighted by atomic mass is 16.3. The third kappa shape index (κ3) is 4.50. The van der Waals surface area contributed by atoms with Crippen LogP contribution in [0.4, 0.5) is 0 Å². The van der Waals surface area contributed by atoms with Gasteiger partial charge in [0.2, 0.25) is 0 Å². The average Bonchev–Trinajstić information content (AvgIpc) is 2.99. The first-order valence-electron chi connectivity index (χ1n) is 6.51. The van der Waals surface area contributed by atoms with Gasteiger partial charge < -0.3 is 10.4 Å². The van der Waals surface area contributed by atoms with E-state index in [0.29, 0.717) is 13.1 Å². The maximum Gasteiger partial charge on any atom is 0.0860 e. The molecule has 6 nitrogen and oxygen atoms in total. The summed E-state index contributed by atoms with van der Waals surface area (Å²) in [6.07, 6.45) is 6.97. The molecule has 0 aliphatic heterocycles. The molecule has 0 aliphatic carbocycles. The summed E-state index contributed by atoms with van der Waals surface area (Å²) in [5.74, 6) is 0. The van der Waals surface area contributed by atoms with Crippen LogP contribution in [0.25, 0.3) is 0 Å². The Kier molecular flexibility index (Phi) is 4.70. The first kappa shape index (κ1) is 13.8. The molecular weight excluding hydrogens is 242 g/mol. The van der Waals surface area contributed by atoms with Crippen LogP contribution in [-0.2, 0) is 13.1 Å². The van der Waals surface area contributed by atoms with Crippen LogP contribution in [0.2, 0.25) is 0 Å². The van der Waals surface area contributed by atoms with Crippen molar-refractivity contribution in [1.82, 2.24) is 24.9 Å². The zero-order chi connectivity index (χ0) is 13.7. The Hall–Kier alpha value is -1.66. The first-order chi connectivity index (χ1) is 9.13. The zero-order valence-corrected chi connectivity index (χ0v) is 11.4. The Labute approximate surface area is 113 Å². The van der Waals surface area contributed by atoms with Crippen LogP contribution in [0.3, 0.4) is 0 Å². The molecule has 2 atom stereocenters. The van der Waals surface area contributed by atoms with Crippen molar-refractivity contribution >= 4 is 0 Å². The lowest BCUT2D eigenvalue weighted by Gasteiger charge is -2.17. The number of nitrogens with one attached hydrogen (secondary N) is 1. The Morgan fingerprint density at radius 1 is 1.32 bits per heavy atom. The van der Waals surface area contributed by atoms with Crippen LogP contribution in [0.15, 0.2) is 30.9 Å². The molecule has 0 aliphatic rings. The molecular formula is C13H21N5O. The van der Waals surface area contributed by atoms with Crippen molar-refractivity contribution in [3.05, 3.63) is 36.4 Å². The summed E-state index contributed by atoms with van der Waals surface area (Å²) in [5, 5.41) is 21.5. The van der Waals surface area contributed by atoms with E-state index in [1.807, 2.05) is 36.3 Å². The molecule has 6 heteroatoms. The van der Waals surface area contributed by atoms with Crippen molar-refractivity contribution in [2.75, 3.05) is 6.54 Å². The van der Waals surface area contributed by atoms with Gasteiger partial charge in [-0.1, -0.05) is 0 Å². The molecule has 2 rings (SSSR count). The minimum Gasteiger partial charge on any atom is -0.390 e. The van der Waals surface area contributed by atoms with Gasteiger partial charge in [-0.2, -0.15) is 10.2 Å². The van der Waals surface area contributed by atoms with Crippen molar-refractivity contribution in [2.45, 2.75) is 39.1 Å². The van der Waals surface area contributed by atoms with E-state index in [1.165, 1.54) is 0 Å². The molecule has 2 aromatic rings. The Bertz CT molecular complexity index is 479. The molecule has 0 saturated carbocycles. The standard InChI is InChI=1S/C13H21N5O/c1-11-6-16-18(8-11)9-12(2)14-7-13(19)10-17-5-3-4-15-17/h3-6,8,12-14,19H,7,9-10H2,1-2H3. The molecule has 0 radical (unpaired) electrons. The monoisotopic (exact) mass is 263 g/mol. The molecule has 0 saturated heterocycles. The number of aliphatic hydroxyl groups is 1. The van der Waals surface area contributed by atoms with Gasteiger partial charge in [0.05, 0.1) is 25.4 Å². The smallest absolute Gasteiger partial charge is 0.0860 e. The molecule has 0 aromatic carbocycles. The van der Waals surface area contributed by atoms with Crippen molar-refractivity contribution in [2.24, 2.45) is 0 Å². The third-order valence-corrected chi connectivity index (χ3v) is 2.88. The summed E-state index contributed by atoms with van der Waals surface area (Å²) in [4.78, 5) is 0. The molecule has 0 spiro atoms. The van der Waals surface area contributed by atoms with Crippen LogP contribution < -0.4 is 5.32 Å². The van der Waals surface area contributed by atoms with Crippen LogP contribution in [0, 0.1) is 6.92 Å².